The van der Waals surface area contributed by atoms with Crippen molar-refractivity contribution in [1.82, 2.24) is 0 Å². The van der Waals surface area contributed by atoms with Gasteiger partial charge in [-0.1, -0.05) is 30.3 Å². The number of amides is 1. The van der Waals surface area contributed by atoms with E-state index >= 15 is 0 Å². The van der Waals surface area contributed by atoms with E-state index in [1.165, 1.54) is 18.7 Å². The Labute approximate surface area is 114 Å². The number of carbonyl (C=O) groups excluding carboxylic acids is 1. The molecule has 4 nitrogen and oxygen atoms in total. The number of carboxylic acid groups (broad SMARTS) is 1. The molecule has 0 aliphatic rings. The molecule has 0 unspecified atom stereocenters. The van der Waals surface area contributed by atoms with Crippen molar-refractivity contribution in [3.05, 3.63) is 36.4 Å². The van der Waals surface area contributed by atoms with Crippen LogP contribution >= 0.6 is 11.8 Å². The molecule has 0 saturated carbocycles. The first-order valence-corrected chi connectivity index (χ1v) is 6.70. The number of rotatable bonds is 4. The van der Waals surface area contributed by atoms with Gasteiger partial charge in [-0.3, -0.25) is 9.59 Å². The predicted molar refractivity (Wildman–Crippen MR) is 76.6 cm³/mol. The normalized spacial score (nSPS) is 10.4. The van der Waals surface area contributed by atoms with Crippen molar-refractivity contribution in [2.24, 2.45) is 0 Å². The van der Waals surface area contributed by atoms with Crippen LogP contribution in [0, 0.1) is 0 Å². The van der Waals surface area contributed by atoms with E-state index < -0.39 is 5.97 Å². The topological polar surface area (TPSA) is 66.4 Å². The fourth-order valence-electron chi connectivity index (χ4n) is 1.82. The monoisotopic (exact) mass is 275 g/mol. The number of carbonyl (C=O) groups is 2. The quantitative estimate of drug-likeness (QED) is 0.842. The molecule has 0 fully saturated rings. The standard InChI is InChI=1S/C14H13NO3S/c1-9(16)15-12-7-6-10-4-2-3-5-11(10)14(12)19-8-13(17)18/h2-7H,8H2,1H3,(H,15,16)(H,17,18). The summed E-state index contributed by atoms with van der Waals surface area (Å²) in [7, 11) is 0. The summed E-state index contributed by atoms with van der Waals surface area (Å²) in [6.45, 7) is 1.43. The Morgan fingerprint density at radius 1 is 1.21 bits per heavy atom. The van der Waals surface area contributed by atoms with Gasteiger partial charge in [-0.15, -0.1) is 11.8 Å². The Balaban J connectivity index is 2.50. The van der Waals surface area contributed by atoms with Gasteiger partial charge >= 0.3 is 5.97 Å². The molecule has 2 N–H and O–H groups in total. The van der Waals surface area contributed by atoms with Crippen molar-refractivity contribution in [3.8, 4) is 0 Å². The lowest BCUT2D eigenvalue weighted by Gasteiger charge is -2.12. The second-order valence-electron chi connectivity index (χ2n) is 4.03. The van der Waals surface area contributed by atoms with Crippen LogP contribution < -0.4 is 5.32 Å². The molecule has 0 radical (unpaired) electrons. The van der Waals surface area contributed by atoms with Crippen molar-refractivity contribution in [2.75, 3.05) is 11.1 Å². The summed E-state index contributed by atoms with van der Waals surface area (Å²) in [5.74, 6) is -1.10. The van der Waals surface area contributed by atoms with E-state index in [2.05, 4.69) is 5.32 Å². The Kier molecular flexibility index (Phi) is 4.06. The van der Waals surface area contributed by atoms with Gasteiger partial charge in [0.15, 0.2) is 0 Å². The maximum absolute atomic E-state index is 11.2. The molecule has 1 amide bonds. The number of anilines is 1. The van der Waals surface area contributed by atoms with Crippen LogP contribution in [0.15, 0.2) is 41.3 Å². The second-order valence-corrected chi connectivity index (χ2v) is 5.01. The third-order valence-electron chi connectivity index (χ3n) is 2.53. The fraction of sp³-hybridized carbons (Fsp3) is 0.143. The maximum atomic E-state index is 11.2. The first kappa shape index (κ1) is 13.4. The summed E-state index contributed by atoms with van der Waals surface area (Å²) < 4.78 is 0. The molecule has 0 heterocycles. The van der Waals surface area contributed by atoms with Gasteiger partial charge in [0.2, 0.25) is 5.91 Å². The van der Waals surface area contributed by atoms with Crippen LogP contribution in [0.1, 0.15) is 6.92 Å². The molecule has 19 heavy (non-hydrogen) atoms. The highest BCUT2D eigenvalue weighted by atomic mass is 32.2. The van der Waals surface area contributed by atoms with Crippen LogP contribution in [0.4, 0.5) is 5.69 Å². The lowest BCUT2D eigenvalue weighted by Crippen LogP contribution is -2.07. The van der Waals surface area contributed by atoms with Gasteiger partial charge in [0.05, 0.1) is 11.4 Å². The third-order valence-corrected chi connectivity index (χ3v) is 3.65. The first-order valence-electron chi connectivity index (χ1n) is 5.72. The Morgan fingerprint density at radius 3 is 2.63 bits per heavy atom. The predicted octanol–water partition coefficient (Wildman–Crippen LogP) is 2.97. The highest BCUT2D eigenvalue weighted by Crippen LogP contribution is 2.34. The van der Waals surface area contributed by atoms with Gasteiger partial charge in [0, 0.05) is 11.8 Å². The molecule has 0 bridgehead atoms. The van der Waals surface area contributed by atoms with Crippen molar-refractivity contribution in [1.29, 1.82) is 0 Å². The minimum Gasteiger partial charge on any atom is -0.481 e. The number of thioether (sulfide) groups is 1. The number of nitrogens with one attached hydrogen (secondary N) is 1. The van der Waals surface area contributed by atoms with E-state index in [-0.39, 0.29) is 11.7 Å². The molecule has 0 atom stereocenters. The molecule has 2 aromatic carbocycles. The molecule has 98 valence electrons. The summed E-state index contributed by atoms with van der Waals surface area (Å²) in [6, 6.07) is 11.4. The van der Waals surface area contributed by atoms with Crippen LogP contribution in [0.3, 0.4) is 0 Å². The SMILES string of the molecule is CC(=O)Nc1ccc2ccccc2c1SCC(=O)O. The Morgan fingerprint density at radius 2 is 1.95 bits per heavy atom. The number of benzene rings is 2. The molecular formula is C14H13NO3S. The summed E-state index contributed by atoms with van der Waals surface area (Å²) in [6.07, 6.45) is 0. The Bertz CT molecular complexity index is 640. The minimum absolute atomic E-state index is 0.0411. The summed E-state index contributed by atoms with van der Waals surface area (Å²) >= 11 is 1.21. The zero-order valence-electron chi connectivity index (χ0n) is 10.3. The lowest BCUT2D eigenvalue weighted by atomic mass is 10.1. The number of aliphatic carboxylic acids is 1. The zero-order valence-corrected chi connectivity index (χ0v) is 11.2. The molecule has 0 spiro atoms. The molecule has 0 aliphatic heterocycles. The smallest absolute Gasteiger partial charge is 0.313 e. The third kappa shape index (κ3) is 3.26. The number of hydrogen-bond donors (Lipinski definition) is 2. The number of fused-ring (bicyclic) bond motifs is 1. The molecule has 2 rings (SSSR count). The highest BCUT2D eigenvalue weighted by Gasteiger charge is 2.11. The van der Waals surface area contributed by atoms with E-state index in [1.54, 1.807) is 6.07 Å². The van der Waals surface area contributed by atoms with Crippen molar-refractivity contribution in [2.45, 2.75) is 11.8 Å². The van der Waals surface area contributed by atoms with Crippen LogP contribution in [0.5, 0.6) is 0 Å². The van der Waals surface area contributed by atoms with Gasteiger partial charge < -0.3 is 10.4 Å². The van der Waals surface area contributed by atoms with Gasteiger partial charge in [-0.2, -0.15) is 0 Å². The van der Waals surface area contributed by atoms with E-state index in [0.29, 0.717) is 5.69 Å². The van der Waals surface area contributed by atoms with Gasteiger partial charge in [-0.25, -0.2) is 0 Å². The molecule has 0 aliphatic carbocycles. The molecule has 5 heteroatoms. The van der Waals surface area contributed by atoms with E-state index in [1.807, 2.05) is 30.3 Å². The molecular weight excluding hydrogens is 262 g/mol. The molecule has 0 saturated heterocycles. The average Bonchev–Trinajstić information content (AvgIpc) is 2.36. The first-order chi connectivity index (χ1) is 9.08. The van der Waals surface area contributed by atoms with Gasteiger partial charge in [-0.05, 0) is 16.8 Å². The van der Waals surface area contributed by atoms with E-state index in [4.69, 9.17) is 5.11 Å². The average molecular weight is 275 g/mol. The number of hydrogen-bond acceptors (Lipinski definition) is 3. The van der Waals surface area contributed by atoms with Crippen molar-refractivity contribution < 1.29 is 14.7 Å². The van der Waals surface area contributed by atoms with Gasteiger partial charge in [0.1, 0.15) is 0 Å². The fourth-order valence-corrected chi connectivity index (χ4v) is 2.70. The molecule has 2 aromatic rings. The van der Waals surface area contributed by atoms with Crippen molar-refractivity contribution >= 4 is 40.1 Å². The van der Waals surface area contributed by atoms with Crippen LogP contribution in [-0.2, 0) is 9.59 Å². The lowest BCUT2D eigenvalue weighted by molar-refractivity contribution is -0.133. The van der Waals surface area contributed by atoms with Crippen LogP contribution in [0.25, 0.3) is 10.8 Å². The van der Waals surface area contributed by atoms with E-state index in [0.717, 1.165) is 15.7 Å². The maximum Gasteiger partial charge on any atom is 0.313 e. The number of carboxylic acids is 1. The minimum atomic E-state index is -0.883. The van der Waals surface area contributed by atoms with Gasteiger partial charge in [0.25, 0.3) is 0 Å². The largest absolute Gasteiger partial charge is 0.481 e. The zero-order chi connectivity index (χ0) is 13.8. The highest BCUT2D eigenvalue weighted by molar-refractivity contribution is 8.00. The summed E-state index contributed by atoms with van der Waals surface area (Å²) in [5, 5.41) is 13.5. The second kappa shape index (κ2) is 5.75. The molecule has 0 aromatic heterocycles. The summed E-state index contributed by atoms with van der Waals surface area (Å²) in [5.41, 5.74) is 0.650. The van der Waals surface area contributed by atoms with Crippen LogP contribution in [-0.4, -0.2) is 22.7 Å². The summed E-state index contributed by atoms with van der Waals surface area (Å²) in [4.78, 5) is 22.7. The van der Waals surface area contributed by atoms with Crippen molar-refractivity contribution in [3.63, 3.8) is 0 Å². The Hall–Kier alpha value is -2.01. The van der Waals surface area contributed by atoms with E-state index in [9.17, 15) is 9.59 Å². The van der Waals surface area contributed by atoms with Crippen LogP contribution in [0.2, 0.25) is 0 Å².